The van der Waals surface area contributed by atoms with E-state index < -0.39 is 6.09 Å². The monoisotopic (exact) mass is 489 g/mol. The fourth-order valence-corrected chi connectivity index (χ4v) is 4.67. The second kappa shape index (κ2) is 9.14. The van der Waals surface area contributed by atoms with Gasteiger partial charge in [-0.2, -0.15) is 15.2 Å². The minimum absolute atomic E-state index is 0.0927. The first-order valence-electron chi connectivity index (χ1n) is 11.9. The predicted molar refractivity (Wildman–Crippen MR) is 138 cm³/mol. The van der Waals surface area contributed by atoms with E-state index in [0.717, 1.165) is 28.0 Å². The zero-order chi connectivity index (χ0) is 25.4. The van der Waals surface area contributed by atoms with Crippen molar-refractivity contribution in [3.05, 3.63) is 54.6 Å². The van der Waals surface area contributed by atoms with Crippen molar-refractivity contribution in [3.8, 4) is 0 Å². The number of hydrogen-bond donors (Lipinski definition) is 2. The van der Waals surface area contributed by atoms with Gasteiger partial charge in [0.15, 0.2) is 5.65 Å². The second-order valence-corrected chi connectivity index (χ2v) is 10.3. The van der Waals surface area contributed by atoms with Gasteiger partial charge in [0, 0.05) is 44.8 Å². The van der Waals surface area contributed by atoms with Gasteiger partial charge in [-0.3, -0.25) is 4.68 Å². The summed E-state index contributed by atoms with van der Waals surface area (Å²) in [4.78, 5) is 24.7. The van der Waals surface area contributed by atoms with Gasteiger partial charge in [-0.15, -0.1) is 0 Å². The maximum atomic E-state index is 11.8. The molecule has 2 N–H and O–H groups in total. The molecule has 1 fully saturated rings. The molecule has 4 aromatic rings. The highest BCUT2D eigenvalue weighted by Gasteiger charge is 2.38. The van der Waals surface area contributed by atoms with E-state index in [-0.39, 0.29) is 11.5 Å². The number of fused-ring (bicyclic) bond motifs is 1. The van der Waals surface area contributed by atoms with Gasteiger partial charge < -0.3 is 20.2 Å². The van der Waals surface area contributed by atoms with Gasteiger partial charge >= 0.3 is 6.09 Å². The Hall–Kier alpha value is -4.15. The number of nitrogens with zero attached hydrogens (tertiary/aromatic N) is 8. The van der Waals surface area contributed by atoms with Crippen molar-refractivity contribution in [1.29, 1.82) is 0 Å². The molecule has 1 unspecified atom stereocenters. The number of aryl methyl sites for hydroxylation is 1. The van der Waals surface area contributed by atoms with Crippen molar-refractivity contribution in [1.82, 2.24) is 34.4 Å². The van der Waals surface area contributed by atoms with Gasteiger partial charge in [-0.05, 0) is 23.1 Å². The number of hydrogen-bond acceptors (Lipinski definition) is 7. The molecule has 5 rings (SSSR count). The second-order valence-electron chi connectivity index (χ2n) is 10.3. The van der Waals surface area contributed by atoms with Gasteiger partial charge in [0.25, 0.3) is 0 Å². The molecule has 11 heteroatoms. The first-order chi connectivity index (χ1) is 17.2. The highest BCUT2D eigenvalue weighted by Crippen LogP contribution is 2.30. The van der Waals surface area contributed by atoms with Crippen molar-refractivity contribution in [2.75, 3.05) is 29.9 Å². The lowest BCUT2D eigenvalue weighted by Gasteiger charge is -2.46. The van der Waals surface area contributed by atoms with Gasteiger partial charge in [0.2, 0.25) is 5.95 Å². The molecule has 1 atom stereocenters. The van der Waals surface area contributed by atoms with Crippen LogP contribution in [0, 0.1) is 5.41 Å². The molecule has 0 bridgehead atoms. The Morgan fingerprint density at radius 3 is 2.72 bits per heavy atom. The van der Waals surface area contributed by atoms with Gasteiger partial charge in [0.1, 0.15) is 0 Å². The first-order valence-corrected chi connectivity index (χ1v) is 11.9. The Balaban J connectivity index is 1.36. The average Bonchev–Trinajstić information content (AvgIpc) is 3.43. The third-order valence-electron chi connectivity index (χ3n) is 6.57. The molecule has 1 saturated heterocycles. The molecule has 3 aromatic heterocycles. The number of amides is 1. The van der Waals surface area contributed by atoms with Crippen molar-refractivity contribution in [2.24, 2.45) is 12.5 Å². The van der Waals surface area contributed by atoms with Crippen molar-refractivity contribution in [3.63, 3.8) is 0 Å². The van der Waals surface area contributed by atoms with E-state index in [4.69, 9.17) is 0 Å². The summed E-state index contributed by atoms with van der Waals surface area (Å²) in [6.07, 6.45) is 6.25. The van der Waals surface area contributed by atoms with Crippen LogP contribution < -0.4 is 10.2 Å². The van der Waals surface area contributed by atoms with Crippen LogP contribution >= 0.6 is 0 Å². The van der Waals surface area contributed by atoms with E-state index in [1.807, 2.05) is 24.0 Å². The van der Waals surface area contributed by atoms with E-state index in [0.29, 0.717) is 32.1 Å². The maximum absolute atomic E-state index is 11.8. The number of carboxylic acid groups (broad SMARTS) is 1. The summed E-state index contributed by atoms with van der Waals surface area (Å²) < 4.78 is 3.58. The highest BCUT2D eigenvalue weighted by atomic mass is 16.4. The highest BCUT2D eigenvalue weighted by molar-refractivity contribution is 5.75. The Morgan fingerprint density at radius 2 is 2.00 bits per heavy atom. The molecule has 0 aliphatic carbocycles. The lowest BCUT2D eigenvalue weighted by atomic mass is 9.84. The number of rotatable bonds is 5. The Bertz CT molecular complexity index is 1390. The van der Waals surface area contributed by atoms with Crippen LogP contribution in [0.3, 0.4) is 0 Å². The number of nitrogens with one attached hydrogen (secondary N) is 1. The molecule has 1 aliphatic heterocycles. The molecule has 1 aliphatic rings. The average molecular weight is 490 g/mol. The molecule has 11 nitrogen and oxygen atoms in total. The molecule has 0 saturated carbocycles. The molecule has 0 radical (unpaired) electrons. The molecule has 1 aromatic carbocycles. The summed E-state index contributed by atoms with van der Waals surface area (Å²) in [5.41, 5.74) is 3.56. The number of benzene rings is 1. The normalized spacial score (nSPS) is 16.5. The third kappa shape index (κ3) is 4.81. The lowest BCUT2D eigenvalue weighted by Crippen LogP contribution is -2.59. The summed E-state index contributed by atoms with van der Waals surface area (Å²) in [7, 11) is 1.85. The minimum Gasteiger partial charge on any atom is -0.465 e. The third-order valence-corrected chi connectivity index (χ3v) is 6.57. The van der Waals surface area contributed by atoms with Crippen LogP contribution in [0.1, 0.15) is 26.3 Å². The van der Waals surface area contributed by atoms with Gasteiger partial charge in [-0.1, -0.05) is 32.9 Å². The minimum atomic E-state index is -0.853. The Morgan fingerprint density at radius 1 is 1.17 bits per heavy atom. The van der Waals surface area contributed by atoms with E-state index >= 15 is 0 Å². The molecular formula is C25H31N9O2. The number of carbonyl (C=O) groups is 1. The van der Waals surface area contributed by atoms with E-state index in [1.165, 1.54) is 0 Å². The maximum Gasteiger partial charge on any atom is 0.407 e. The zero-order valence-electron chi connectivity index (χ0n) is 21.0. The standard InChI is InChI=1S/C25H31N9O2/c1-25(2,3)21-16-32(8-9-33(21)24(35)36)20-7-5-6-17(10-20)14-34-22-18(12-28-34)11-26-23(30-22)29-19-13-27-31(4)15-19/h5-7,10-13,15,21H,8-9,14,16H2,1-4H3,(H,35,36)(H,26,29,30). The van der Waals surface area contributed by atoms with E-state index in [9.17, 15) is 9.90 Å². The Labute approximate surface area is 209 Å². The fourth-order valence-electron chi connectivity index (χ4n) is 4.67. The van der Waals surface area contributed by atoms with Crippen LogP contribution in [-0.2, 0) is 13.6 Å². The van der Waals surface area contributed by atoms with Crippen molar-refractivity contribution in [2.45, 2.75) is 33.4 Å². The fraction of sp³-hybridized carbons (Fsp3) is 0.400. The summed E-state index contributed by atoms with van der Waals surface area (Å²) in [6, 6.07) is 8.25. The first kappa shape index (κ1) is 23.6. The summed E-state index contributed by atoms with van der Waals surface area (Å²) >= 11 is 0. The summed E-state index contributed by atoms with van der Waals surface area (Å²) in [6.45, 7) is 8.62. The van der Waals surface area contributed by atoms with Crippen LogP contribution in [0.25, 0.3) is 11.0 Å². The van der Waals surface area contributed by atoms with E-state index in [1.54, 1.807) is 28.2 Å². The van der Waals surface area contributed by atoms with Crippen LogP contribution in [0.15, 0.2) is 49.1 Å². The lowest BCUT2D eigenvalue weighted by molar-refractivity contribution is 0.0748. The van der Waals surface area contributed by atoms with Crippen LogP contribution in [0.4, 0.5) is 22.1 Å². The Kier molecular flexibility index (Phi) is 5.99. The largest absolute Gasteiger partial charge is 0.465 e. The zero-order valence-corrected chi connectivity index (χ0v) is 21.0. The quantitative estimate of drug-likeness (QED) is 0.437. The molecule has 188 valence electrons. The van der Waals surface area contributed by atoms with E-state index in [2.05, 4.69) is 69.4 Å². The molecular weight excluding hydrogens is 458 g/mol. The molecule has 4 heterocycles. The topological polar surface area (TPSA) is 117 Å². The van der Waals surface area contributed by atoms with Crippen LogP contribution in [0.5, 0.6) is 0 Å². The molecule has 0 spiro atoms. The number of anilines is 3. The van der Waals surface area contributed by atoms with Gasteiger partial charge in [-0.25, -0.2) is 14.5 Å². The molecule has 36 heavy (non-hydrogen) atoms. The SMILES string of the molecule is Cn1cc(Nc2ncc3cnn(Cc4cccc(N5CCN(C(=O)O)C(C(C)(C)C)C5)c4)c3n2)cn1. The number of piperazine rings is 1. The number of aromatic nitrogens is 6. The molecule has 1 amide bonds. The van der Waals surface area contributed by atoms with Crippen LogP contribution in [-0.4, -0.2) is 71.3 Å². The van der Waals surface area contributed by atoms with Crippen molar-refractivity contribution >= 4 is 34.4 Å². The summed E-state index contributed by atoms with van der Waals surface area (Å²) in [5, 5.41) is 22.4. The summed E-state index contributed by atoms with van der Waals surface area (Å²) in [5.74, 6) is 0.482. The smallest absolute Gasteiger partial charge is 0.407 e. The predicted octanol–water partition coefficient (Wildman–Crippen LogP) is 3.57. The van der Waals surface area contributed by atoms with Crippen LogP contribution in [0.2, 0.25) is 0 Å². The van der Waals surface area contributed by atoms with Crippen molar-refractivity contribution < 1.29 is 9.90 Å². The van der Waals surface area contributed by atoms with Gasteiger partial charge in [0.05, 0.1) is 36.1 Å².